The maximum atomic E-state index is 12.3. The first-order valence-corrected chi connectivity index (χ1v) is 7.12. The van der Waals surface area contributed by atoms with E-state index in [2.05, 4.69) is 5.32 Å². The van der Waals surface area contributed by atoms with Crippen molar-refractivity contribution < 1.29 is 19.3 Å². The van der Waals surface area contributed by atoms with Crippen molar-refractivity contribution in [3.8, 4) is 0 Å². The van der Waals surface area contributed by atoms with E-state index >= 15 is 0 Å². The molecule has 1 N–H and O–H groups in total. The number of carbonyl (C=O) groups excluding carboxylic acids is 3. The van der Waals surface area contributed by atoms with Gasteiger partial charge in [0.25, 0.3) is 17.5 Å². The number of amides is 3. The summed E-state index contributed by atoms with van der Waals surface area (Å²) in [6, 6.07) is 3.46. The molecule has 122 valence electrons. The molecule has 23 heavy (non-hydrogen) atoms. The van der Waals surface area contributed by atoms with Crippen LogP contribution in [0.5, 0.6) is 0 Å². The third-order valence-corrected chi connectivity index (χ3v) is 3.83. The molecule has 3 amide bonds. The largest absolute Gasteiger partial charge is 0.350 e. The quantitative estimate of drug-likeness (QED) is 0.502. The van der Waals surface area contributed by atoms with Crippen LogP contribution in [-0.4, -0.2) is 39.6 Å². The number of nitro benzene ring substituents is 1. The third-order valence-electron chi connectivity index (χ3n) is 3.83. The summed E-state index contributed by atoms with van der Waals surface area (Å²) < 4.78 is 0. The lowest BCUT2D eigenvalue weighted by Crippen LogP contribution is -2.48. The second kappa shape index (κ2) is 5.79. The van der Waals surface area contributed by atoms with Gasteiger partial charge in [-0.25, -0.2) is 0 Å². The summed E-state index contributed by atoms with van der Waals surface area (Å²) in [5.74, 6) is -1.77. The predicted octanol–water partition coefficient (Wildman–Crippen LogP) is 1.50. The number of fused-ring (bicyclic) bond motifs is 1. The summed E-state index contributed by atoms with van der Waals surface area (Å²) in [6.45, 7) is 5.15. The zero-order chi connectivity index (χ0) is 17.4. The molecule has 0 aromatic heterocycles. The van der Waals surface area contributed by atoms with E-state index in [0.29, 0.717) is 6.42 Å². The van der Waals surface area contributed by atoms with E-state index in [0.717, 1.165) is 17.0 Å². The fraction of sp³-hybridized carbons (Fsp3) is 0.400. The number of hydrogen-bond donors (Lipinski definition) is 1. The number of nitrogens with one attached hydrogen (secondary N) is 1. The Kier molecular flexibility index (Phi) is 4.18. The molecule has 0 radical (unpaired) electrons. The highest BCUT2D eigenvalue weighted by atomic mass is 16.6. The highest BCUT2D eigenvalue weighted by Gasteiger charge is 2.38. The lowest BCUT2D eigenvalue weighted by atomic mass is 10.0. The summed E-state index contributed by atoms with van der Waals surface area (Å²) in [6.07, 6.45) is 0.688. The number of rotatable bonds is 5. The maximum absolute atomic E-state index is 12.3. The molecule has 1 aromatic carbocycles. The van der Waals surface area contributed by atoms with E-state index in [4.69, 9.17) is 0 Å². The van der Waals surface area contributed by atoms with Gasteiger partial charge in [0.1, 0.15) is 6.54 Å². The third kappa shape index (κ3) is 3.20. The van der Waals surface area contributed by atoms with Crippen LogP contribution in [0.25, 0.3) is 0 Å². The fourth-order valence-electron chi connectivity index (χ4n) is 2.18. The van der Waals surface area contributed by atoms with Crippen LogP contribution in [0.2, 0.25) is 0 Å². The molecule has 0 saturated heterocycles. The number of nitro groups is 1. The Labute approximate surface area is 132 Å². The van der Waals surface area contributed by atoms with Gasteiger partial charge in [-0.15, -0.1) is 0 Å². The van der Waals surface area contributed by atoms with Crippen molar-refractivity contribution in [3.05, 3.63) is 39.4 Å². The fourth-order valence-corrected chi connectivity index (χ4v) is 2.18. The van der Waals surface area contributed by atoms with Crippen molar-refractivity contribution in [2.75, 3.05) is 6.54 Å². The van der Waals surface area contributed by atoms with Crippen LogP contribution >= 0.6 is 0 Å². The Bertz CT molecular complexity index is 711. The molecule has 0 aliphatic carbocycles. The van der Waals surface area contributed by atoms with Crippen LogP contribution < -0.4 is 5.32 Å². The maximum Gasteiger partial charge on any atom is 0.270 e. The molecule has 0 atom stereocenters. The number of carbonyl (C=O) groups is 3. The molecule has 8 nitrogen and oxygen atoms in total. The van der Waals surface area contributed by atoms with Crippen molar-refractivity contribution in [2.45, 2.75) is 32.7 Å². The molecule has 0 spiro atoms. The number of imide groups is 1. The Balaban J connectivity index is 2.20. The monoisotopic (exact) mass is 319 g/mol. The second-order valence-electron chi connectivity index (χ2n) is 5.97. The summed E-state index contributed by atoms with van der Waals surface area (Å²) in [5, 5.41) is 13.5. The summed E-state index contributed by atoms with van der Waals surface area (Å²) >= 11 is 0. The molecule has 1 aromatic rings. The van der Waals surface area contributed by atoms with Gasteiger partial charge < -0.3 is 5.32 Å². The molecule has 0 saturated carbocycles. The van der Waals surface area contributed by atoms with Crippen molar-refractivity contribution in [1.82, 2.24) is 10.2 Å². The minimum atomic E-state index is -0.696. The number of hydrogen-bond acceptors (Lipinski definition) is 5. The van der Waals surface area contributed by atoms with Crippen molar-refractivity contribution in [2.24, 2.45) is 0 Å². The van der Waals surface area contributed by atoms with Crippen LogP contribution in [0.3, 0.4) is 0 Å². The number of benzene rings is 1. The van der Waals surface area contributed by atoms with Crippen LogP contribution in [0.15, 0.2) is 18.2 Å². The highest BCUT2D eigenvalue weighted by Crippen LogP contribution is 2.26. The number of non-ortho nitro benzene ring substituents is 1. The van der Waals surface area contributed by atoms with E-state index in [9.17, 15) is 24.5 Å². The van der Waals surface area contributed by atoms with E-state index in [-0.39, 0.29) is 16.8 Å². The zero-order valence-corrected chi connectivity index (χ0v) is 13.1. The van der Waals surface area contributed by atoms with Gasteiger partial charge in [-0.1, -0.05) is 6.92 Å². The zero-order valence-electron chi connectivity index (χ0n) is 13.1. The van der Waals surface area contributed by atoms with Crippen LogP contribution in [0.4, 0.5) is 5.69 Å². The number of nitrogens with zero attached hydrogens (tertiary/aromatic N) is 2. The minimum absolute atomic E-state index is 0.0493. The van der Waals surface area contributed by atoms with Crippen LogP contribution in [0, 0.1) is 10.1 Å². The molecule has 1 aliphatic heterocycles. The molecular formula is C15H17N3O5. The first kappa shape index (κ1) is 16.6. The molecule has 8 heteroatoms. The van der Waals surface area contributed by atoms with Crippen molar-refractivity contribution in [3.63, 3.8) is 0 Å². The Hall–Kier alpha value is -2.77. The van der Waals surface area contributed by atoms with Gasteiger partial charge in [0.05, 0.1) is 16.1 Å². The summed E-state index contributed by atoms with van der Waals surface area (Å²) in [4.78, 5) is 47.4. The second-order valence-corrected chi connectivity index (χ2v) is 5.97. The summed E-state index contributed by atoms with van der Waals surface area (Å²) in [7, 11) is 0. The van der Waals surface area contributed by atoms with Crippen LogP contribution in [-0.2, 0) is 4.79 Å². The topological polar surface area (TPSA) is 110 Å². The lowest BCUT2D eigenvalue weighted by Gasteiger charge is -2.25. The molecule has 0 unspecified atom stereocenters. The SMILES string of the molecule is CCC(C)(C)NC(=O)CN1C(=O)c2ccc([N+](=O)[O-])cc2C1=O. The van der Waals surface area contributed by atoms with Crippen molar-refractivity contribution in [1.29, 1.82) is 0 Å². The van der Waals surface area contributed by atoms with E-state index < -0.39 is 34.7 Å². The first-order chi connectivity index (χ1) is 10.7. The first-order valence-electron chi connectivity index (χ1n) is 7.12. The molecule has 0 bridgehead atoms. The average Bonchev–Trinajstić information content (AvgIpc) is 2.71. The molecule has 2 rings (SSSR count). The average molecular weight is 319 g/mol. The Morgan fingerprint density at radius 3 is 2.43 bits per heavy atom. The van der Waals surface area contributed by atoms with Gasteiger partial charge in [0.15, 0.2) is 0 Å². The molecule has 1 aliphatic rings. The van der Waals surface area contributed by atoms with Gasteiger partial charge >= 0.3 is 0 Å². The Morgan fingerprint density at radius 1 is 1.26 bits per heavy atom. The van der Waals surface area contributed by atoms with E-state index in [1.54, 1.807) is 0 Å². The smallest absolute Gasteiger partial charge is 0.270 e. The minimum Gasteiger partial charge on any atom is -0.350 e. The van der Waals surface area contributed by atoms with Gasteiger partial charge in [-0.2, -0.15) is 0 Å². The van der Waals surface area contributed by atoms with Gasteiger partial charge in [-0.05, 0) is 26.3 Å². The summed E-state index contributed by atoms with van der Waals surface area (Å²) in [5.41, 5.74) is -0.702. The van der Waals surface area contributed by atoms with E-state index in [1.165, 1.54) is 6.07 Å². The lowest BCUT2D eigenvalue weighted by molar-refractivity contribution is -0.384. The Morgan fingerprint density at radius 2 is 1.87 bits per heavy atom. The molecule has 0 fully saturated rings. The van der Waals surface area contributed by atoms with Gasteiger partial charge in [-0.3, -0.25) is 29.4 Å². The van der Waals surface area contributed by atoms with Crippen LogP contribution in [0.1, 0.15) is 47.9 Å². The highest BCUT2D eigenvalue weighted by molar-refractivity contribution is 6.22. The molecular weight excluding hydrogens is 302 g/mol. The standard InChI is InChI=1S/C15H17N3O5/c1-4-15(2,3)16-12(19)8-17-13(20)10-6-5-9(18(22)23)7-11(10)14(17)21/h5-7H,4,8H2,1-3H3,(H,16,19). The molecule has 1 heterocycles. The predicted molar refractivity (Wildman–Crippen MR) is 81.0 cm³/mol. The normalized spacial score (nSPS) is 14.0. The van der Waals surface area contributed by atoms with Gasteiger partial charge in [0, 0.05) is 17.7 Å². The van der Waals surface area contributed by atoms with Gasteiger partial charge in [0.2, 0.25) is 5.91 Å². The van der Waals surface area contributed by atoms with E-state index in [1.807, 2.05) is 20.8 Å². The van der Waals surface area contributed by atoms with Crippen molar-refractivity contribution >= 4 is 23.4 Å².